The van der Waals surface area contributed by atoms with Crippen molar-refractivity contribution in [3.8, 4) is 0 Å². The molecule has 6 heteroatoms. The highest BCUT2D eigenvalue weighted by Gasteiger charge is 2.00. The van der Waals surface area contributed by atoms with Gasteiger partial charge in [-0.1, -0.05) is 0 Å². The van der Waals surface area contributed by atoms with Crippen molar-refractivity contribution >= 4 is 42.1 Å². The van der Waals surface area contributed by atoms with Crippen LogP contribution in [0.1, 0.15) is 6.42 Å². The highest BCUT2D eigenvalue weighted by Crippen LogP contribution is 2.15. The highest BCUT2D eigenvalue weighted by atomic mass is 35.5. The summed E-state index contributed by atoms with van der Waals surface area (Å²) in [6.07, 6.45) is 0.357. The number of nitrogens with zero attached hydrogens (tertiary/aromatic N) is 1. The quantitative estimate of drug-likeness (QED) is 0.885. The number of nitrogens with two attached hydrogens (primary N) is 1. The molecule has 0 aliphatic carbocycles. The Morgan fingerprint density at radius 1 is 1.24 bits per heavy atom. The van der Waals surface area contributed by atoms with Crippen LogP contribution < -0.4 is 16.0 Å². The molecule has 1 aromatic rings. The first kappa shape index (κ1) is 18.4. The van der Waals surface area contributed by atoms with E-state index in [1.165, 1.54) is 0 Å². The van der Waals surface area contributed by atoms with Crippen molar-refractivity contribution in [3.05, 3.63) is 24.3 Å². The largest absolute Gasteiger partial charge is 0.378 e. The van der Waals surface area contributed by atoms with Gasteiger partial charge in [0.15, 0.2) is 0 Å². The smallest absolute Gasteiger partial charge is 0.225 e. The summed E-state index contributed by atoms with van der Waals surface area (Å²) in [6.45, 7) is 0.377. The van der Waals surface area contributed by atoms with Crippen molar-refractivity contribution in [2.45, 2.75) is 6.42 Å². The Morgan fingerprint density at radius 2 is 1.76 bits per heavy atom. The van der Waals surface area contributed by atoms with Gasteiger partial charge in [0, 0.05) is 38.4 Å². The highest BCUT2D eigenvalue weighted by molar-refractivity contribution is 5.90. The second kappa shape index (κ2) is 9.10. The predicted octanol–water partition coefficient (Wildman–Crippen LogP) is 1.88. The minimum atomic E-state index is -0.0462. The summed E-state index contributed by atoms with van der Waals surface area (Å²) >= 11 is 0. The fourth-order valence-electron chi connectivity index (χ4n) is 1.20. The molecule has 0 saturated carbocycles. The summed E-state index contributed by atoms with van der Waals surface area (Å²) in [5.41, 5.74) is 7.19. The molecule has 17 heavy (non-hydrogen) atoms. The summed E-state index contributed by atoms with van der Waals surface area (Å²) in [4.78, 5) is 13.2. The maximum atomic E-state index is 11.2. The van der Waals surface area contributed by atoms with Gasteiger partial charge in [-0.2, -0.15) is 0 Å². The lowest BCUT2D eigenvalue weighted by atomic mass is 10.2. The van der Waals surface area contributed by atoms with E-state index in [2.05, 4.69) is 5.32 Å². The Labute approximate surface area is 114 Å². The molecule has 3 N–H and O–H groups in total. The predicted molar refractivity (Wildman–Crippen MR) is 77.6 cm³/mol. The first-order valence-corrected chi connectivity index (χ1v) is 4.91. The van der Waals surface area contributed by atoms with Gasteiger partial charge in [0.25, 0.3) is 0 Å². The minimum Gasteiger partial charge on any atom is -0.378 e. The molecule has 0 unspecified atom stereocenters. The van der Waals surface area contributed by atoms with Gasteiger partial charge in [0.2, 0.25) is 5.91 Å². The van der Waals surface area contributed by atoms with E-state index in [0.717, 1.165) is 11.4 Å². The lowest BCUT2D eigenvalue weighted by molar-refractivity contribution is -0.116. The molecule has 0 aliphatic heterocycles. The molecule has 1 amide bonds. The van der Waals surface area contributed by atoms with E-state index in [1.54, 1.807) is 0 Å². The molecule has 0 atom stereocenters. The number of benzene rings is 1. The van der Waals surface area contributed by atoms with Crippen LogP contribution in [0, 0.1) is 0 Å². The van der Waals surface area contributed by atoms with Crippen LogP contribution in [0.3, 0.4) is 0 Å². The number of carbonyl (C=O) groups is 1. The molecule has 0 saturated heterocycles. The lowest BCUT2D eigenvalue weighted by Gasteiger charge is -2.12. The van der Waals surface area contributed by atoms with Crippen LogP contribution in [0.5, 0.6) is 0 Å². The molecular weight excluding hydrogens is 261 g/mol. The van der Waals surface area contributed by atoms with Gasteiger partial charge in [-0.25, -0.2) is 0 Å². The number of halogens is 2. The van der Waals surface area contributed by atoms with Crippen molar-refractivity contribution in [1.29, 1.82) is 0 Å². The summed E-state index contributed by atoms with van der Waals surface area (Å²) in [6, 6.07) is 7.67. The van der Waals surface area contributed by atoms with Crippen LogP contribution in [0.15, 0.2) is 24.3 Å². The van der Waals surface area contributed by atoms with Crippen molar-refractivity contribution in [2.75, 3.05) is 30.9 Å². The molecule has 0 radical (unpaired) electrons. The van der Waals surface area contributed by atoms with Crippen LogP contribution in [0.4, 0.5) is 11.4 Å². The normalized spacial score (nSPS) is 8.65. The standard InChI is InChI=1S/C11H17N3O.2ClH/c1-14(2)10-5-3-9(4-6-10)13-11(15)7-8-12;;/h3-6H,7-8,12H2,1-2H3,(H,13,15);2*1H. The van der Waals surface area contributed by atoms with E-state index in [1.807, 2.05) is 43.3 Å². The topological polar surface area (TPSA) is 58.4 Å². The average molecular weight is 280 g/mol. The Morgan fingerprint density at radius 3 is 2.18 bits per heavy atom. The van der Waals surface area contributed by atoms with Crippen LogP contribution in [-0.4, -0.2) is 26.5 Å². The number of anilines is 2. The first-order chi connectivity index (χ1) is 7.13. The second-order valence-electron chi connectivity index (χ2n) is 3.53. The summed E-state index contributed by atoms with van der Waals surface area (Å²) < 4.78 is 0. The molecule has 0 aromatic heterocycles. The molecule has 0 bridgehead atoms. The van der Waals surface area contributed by atoms with Gasteiger partial charge in [-0.15, -0.1) is 24.8 Å². The maximum Gasteiger partial charge on any atom is 0.225 e. The van der Waals surface area contributed by atoms with E-state index in [4.69, 9.17) is 5.73 Å². The molecule has 4 nitrogen and oxygen atoms in total. The fraction of sp³-hybridized carbons (Fsp3) is 0.364. The average Bonchev–Trinajstić information content (AvgIpc) is 2.18. The van der Waals surface area contributed by atoms with E-state index < -0.39 is 0 Å². The Bertz CT molecular complexity index is 328. The molecule has 1 rings (SSSR count). The summed E-state index contributed by atoms with van der Waals surface area (Å²) in [5, 5.41) is 2.77. The molecule has 0 fully saturated rings. The zero-order valence-corrected chi connectivity index (χ0v) is 11.6. The lowest BCUT2D eigenvalue weighted by Crippen LogP contribution is -2.16. The SMILES string of the molecule is CN(C)c1ccc(NC(=O)CCN)cc1.Cl.Cl. The van der Waals surface area contributed by atoms with Gasteiger partial charge < -0.3 is 16.0 Å². The van der Waals surface area contributed by atoms with Crippen LogP contribution in [0.2, 0.25) is 0 Å². The number of nitrogens with one attached hydrogen (secondary N) is 1. The van der Waals surface area contributed by atoms with Crippen molar-refractivity contribution in [1.82, 2.24) is 0 Å². The van der Waals surface area contributed by atoms with Crippen LogP contribution in [0.25, 0.3) is 0 Å². The minimum absolute atomic E-state index is 0. The zero-order chi connectivity index (χ0) is 11.3. The van der Waals surface area contributed by atoms with Gasteiger partial charge in [-0.3, -0.25) is 4.79 Å². The van der Waals surface area contributed by atoms with E-state index in [-0.39, 0.29) is 30.7 Å². The number of amides is 1. The van der Waals surface area contributed by atoms with E-state index in [0.29, 0.717) is 13.0 Å². The van der Waals surface area contributed by atoms with Crippen LogP contribution in [-0.2, 0) is 4.79 Å². The number of hydrogen-bond donors (Lipinski definition) is 2. The molecule has 98 valence electrons. The fourth-order valence-corrected chi connectivity index (χ4v) is 1.20. The third-order valence-corrected chi connectivity index (χ3v) is 2.04. The van der Waals surface area contributed by atoms with Gasteiger partial charge in [0.05, 0.1) is 0 Å². The Kier molecular flexibility index (Phi) is 9.85. The Balaban J connectivity index is 0. The summed E-state index contributed by atoms with van der Waals surface area (Å²) in [5.74, 6) is -0.0462. The zero-order valence-electron chi connectivity index (χ0n) is 9.97. The molecule has 0 aliphatic rings. The Hall–Kier alpha value is -0.970. The van der Waals surface area contributed by atoms with Gasteiger partial charge in [-0.05, 0) is 24.3 Å². The van der Waals surface area contributed by atoms with E-state index >= 15 is 0 Å². The third-order valence-electron chi connectivity index (χ3n) is 2.04. The molecule has 1 aromatic carbocycles. The monoisotopic (exact) mass is 279 g/mol. The van der Waals surface area contributed by atoms with Crippen molar-refractivity contribution in [2.24, 2.45) is 5.73 Å². The second-order valence-corrected chi connectivity index (χ2v) is 3.53. The van der Waals surface area contributed by atoms with Gasteiger partial charge in [0.1, 0.15) is 0 Å². The molecule has 0 spiro atoms. The van der Waals surface area contributed by atoms with Gasteiger partial charge >= 0.3 is 0 Å². The van der Waals surface area contributed by atoms with Crippen molar-refractivity contribution < 1.29 is 4.79 Å². The molecular formula is C11H19Cl2N3O. The maximum absolute atomic E-state index is 11.2. The number of carbonyl (C=O) groups excluding carboxylic acids is 1. The van der Waals surface area contributed by atoms with Crippen molar-refractivity contribution in [3.63, 3.8) is 0 Å². The number of rotatable bonds is 4. The third kappa shape index (κ3) is 6.36. The van der Waals surface area contributed by atoms with Crippen LogP contribution >= 0.6 is 24.8 Å². The first-order valence-electron chi connectivity index (χ1n) is 4.91. The number of hydrogen-bond acceptors (Lipinski definition) is 3. The summed E-state index contributed by atoms with van der Waals surface area (Å²) in [7, 11) is 3.95. The molecule has 0 heterocycles. The van der Waals surface area contributed by atoms with E-state index in [9.17, 15) is 4.79 Å².